The number of nitrogens with one attached hydrogen (secondary N) is 2. The summed E-state index contributed by atoms with van der Waals surface area (Å²) in [5.41, 5.74) is 0. The fourth-order valence-electron chi connectivity index (χ4n) is 1.72. The van der Waals surface area contributed by atoms with Crippen LogP contribution >= 0.6 is 0 Å². The van der Waals surface area contributed by atoms with Crippen LogP contribution in [0.2, 0.25) is 0 Å². The van der Waals surface area contributed by atoms with Crippen molar-refractivity contribution in [2.75, 3.05) is 19.6 Å². The molecule has 0 saturated carbocycles. The first-order valence-electron chi connectivity index (χ1n) is 7.23. The molecule has 0 spiro atoms. The predicted molar refractivity (Wildman–Crippen MR) is 78.3 cm³/mol. The number of rotatable bonds is 12. The van der Waals surface area contributed by atoms with Crippen molar-refractivity contribution in [3.63, 3.8) is 0 Å². The zero-order valence-electron chi connectivity index (χ0n) is 12.2. The first kappa shape index (κ1) is 17.9. The molecule has 2 N–H and O–H groups in total. The quantitative estimate of drug-likeness (QED) is 0.538. The molecule has 0 heterocycles. The third kappa shape index (κ3) is 8.89. The summed E-state index contributed by atoms with van der Waals surface area (Å²) in [6.07, 6.45) is 7.06. The van der Waals surface area contributed by atoms with Crippen molar-refractivity contribution in [3.05, 3.63) is 0 Å². The number of unbranched alkanes of at least 4 members (excludes halogenated alkanes) is 5. The number of sulfonamides is 1. The molecule has 0 bridgehead atoms. The average Bonchev–Trinajstić information content (AvgIpc) is 2.34. The van der Waals surface area contributed by atoms with Gasteiger partial charge in [-0.15, -0.1) is 0 Å². The highest BCUT2D eigenvalue weighted by molar-refractivity contribution is 7.90. The van der Waals surface area contributed by atoms with E-state index in [2.05, 4.69) is 17.0 Å². The van der Waals surface area contributed by atoms with Crippen LogP contribution in [-0.2, 0) is 10.0 Å². The molecule has 110 valence electrons. The summed E-state index contributed by atoms with van der Waals surface area (Å²) in [7, 11) is -3.14. The zero-order chi connectivity index (χ0) is 13.9. The molecule has 0 aromatic rings. The fourth-order valence-corrected chi connectivity index (χ4v) is 2.77. The van der Waals surface area contributed by atoms with Crippen LogP contribution < -0.4 is 10.0 Å². The molecule has 5 heteroatoms. The maximum atomic E-state index is 11.8. The van der Waals surface area contributed by atoms with E-state index in [1.54, 1.807) is 6.92 Å². The first-order valence-corrected chi connectivity index (χ1v) is 8.78. The summed E-state index contributed by atoms with van der Waals surface area (Å²) in [6, 6.07) is 0. The molecule has 0 radical (unpaired) electrons. The number of hydrogen-bond donors (Lipinski definition) is 2. The highest BCUT2D eigenvalue weighted by atomic mass is 32.2. The monoisotopic (exact) mass is 278 g/mol. The lowest BCUT2D eigenvalue weighted by Gasteiger charge is -2.14. The lowest BCUT2D eigenvalue weighted by Crippen LogP contribution is -2.39. The van der Waals surface area contributed by atoms with Crippen LogP contribution in [-0.4, -0.2) is 33.3 Å². The Labute approximate surface area is 113 Å². The van der Waals surface area contributed by atoms with E-state index in [0.29, 0.717) is 13.1 Å². The molecule has 0 saturated heterocycles. The van der Waals surface area contributed by atoms with Crippen molar-refractivity contribution in [1.82, 2.24) is 10.0 Å². The van der Waals surface area contributed by atoms with Crippen molar-refractivity contribution >= 4 is 10.0 Å². The summed E-state index contributed by atoms with van der Waals surface area (Å²) in [4.78, 5) is 0. The molecular formula is C13H30N2O2S. The van der Waals surface area contributed by atoms with Crippen molar-refractivity contribution in [1.29, 1.82) is 0 Å². The van der Waals surface area contributed by atoms with E-state index in [0.717, 1.165) is 19.4 Å². The smallest absolute Gasteiger partial charge is 0.215 e. The van der Waals surface area contributed by atoms with Crippen LogP contribution in [0.5, 0.6) is 0 Å². The Hall–Kier alpha value is -0.130. The minimum absolute atomic E-state index is 0.363. The van der Waals surface area contributed by atoms with Gasteiger partial charge in [-0.3, -0.25) is 0 Å². The summed E-state index contributed by atoms with van der Waals surface area (Å²) in [5.74, 6) is 0. The Morgan fingerprint density at radius 2 is 1.61 bits per heavy atom. The van der Waals surface area contributed by atoms with Gasteiger partial charge in [0.1, 0.15) is 0 Å². The van der Waals surface area contributed by atoms with Crippen molar-refractivity contribution in [3.8, 4) is 0 Å². The Morgan fingerprint density at radius 1 is 1.00 bits per heavy atom. The maximum Gasteiger partial charge on any atom is 0.215 e. The number of hydrogen-bond acceptors (Lipinski definition) is 3. The molecule has 1 atom stereocenters. The molecule has 18 heavy (non-hydrogen) atoms. The predicted octanol–water partition coefficient (Wildman–Crippen LogP) is 2.26. The topological polar surface area (TPSA) is 58.2 Å². The fraction of sp³-hybridized carbons (Fsp3) is 1.00. The lowest BCUT2D eigenvalue weighted by atomic mass is 10.1. The highest BCUT2D eigenvalue weighted by Crippen LogP contribution is 2.05. The minimum Gasteiger partial charge on any atom is -0.316 e. The van der Waals surface area contributed by atoms with Gasteiger partial charge in [-0.25, -0.2) is 13.1 Å². The van der Waals surface area contributed by atoms with Gasteiger partial charge < -0.3 is 5.32 Å². The Bertz CT molecular complexity index is 279. The van der Waals surface area contributed by atoms with Gasteiger partial charge in [-0.05, 0) is 19.9 Å². The van der Waals surface area contributed by atoms with Gasteiger partial charge in [-0.2, -0.15) is 0 Å². The van der Waals surface area contributed by atoms with Crippen LogP contribution in [0.4, 0.5) is 0 Å². The average molecular weight is 278 g/mol. The molecule has 0 amide bonds. The third-order valence-electron chi connectivity index (χ3n) is 3.05. The van der Waals surface area contributed by atoms with Gasteiger partial charge in [0.25, 0.3) is 0 Å². The van der Waals surface area contributed by atoms with Gasteiger partial charge in [-0.1, -0.05) is 46.0 Å². The van der Waals surface area contributed by atoms with Gasteiger partial charge >= 0.3 is 0 Å². The van der Waals surface area contributed by atoms with Crippen LogP contribution in [0.3, 0.4) is 0 Å². The molecule has 1 unspecified atom stereocenters. The van der Waals surface area contributed by atoms with E-state index in [-0.39, 0.29) is 5.25 Å². The largest absolute Gasteiger partial charge is 0.316 e. The van der Waals surface area contributed by atoms with Gasteiger partial charge in [0, 0.05) is 13.1 Å². The van der Waals surface area contributed by atoms with Crippen molar-refractivity contribution < 1.29 is 8.42 Å². The van der Waals surface area contributed by atoms with Crippen molar-refractivity contribution in [2.45, 2.75) is 64.5 Å². The lowest BCUT2D eigenvalue weighted by molar-refractivity contribution is 0.551. The first-order chi connectivity index (χ1) is 8.54. The van der Waals surface area contributed by atoms with E-state index in [4.69, 9.17) is 0 Å². The van der Waals surface area contributed by atoms with Crippen LogP contribution in [0.15, 0.2) is 0 Å². The van der Waals surface area contributed by atoms with E-state index in [1.807, 2.05) is 6.92 Å². The molecule has 0 rings (SSSR count). The molecule has 0 fully saturated rings. The summed E-state index contributed by atoms with van der Waals surface area (Å²) in [5, 5.41) is 2.70. The molecule has 0 aliphatic rings. The Morgan fingerprint density at radius 3 is 2.22 bits per heavy atom. The van der Waals surface area contributed by atoms with Gasteiger partial charge in [0.2, 0.25) is 10.0 Å². The van der Waals surface area contributed by atoms with E-state index < -0.39 is 10.0 Å². The molecule has 0 aromatic heterocycles. The Kier molecular flexibility index (Phi) is 10.7. The zero-order valence-corrected chi connectivity index (χ0v) is 13.0. The SMILES string of the molecule is CCCCCCCCNS(=O)(=O)C(C)CNCC. The van der Waals surface area contributed by atoms with E-state index in [1.165, 1.54) is 25.7 Å². The molecule has 0 aliphatic heterocycles. The minimum atomic E-state index is -3.14. The second kappa shape index (κ2) is 10.8. The standard InChI is InChI=1S/C13H30N2O2S/c1-4-6-7-8-9-10-11-15-18(16,17)13(3)12-14-5-2/h13-15H,4-12H2,1-3H3. The van der Waals surface area contributed by atoms with Crippen LogP contribution in [0.25, 0.3) is 0 Å². The second-order valence-corrected chi connectivity index (χ2v) is 7.01. The van der Waals surface area contributed by atoms with Crippen LogP contribution in [0, 0.1) is 0 Å². The van der Waals surface area contributed by atoms with Gasteiger partial charge in [0.05, 0.1) is 5.25 Å². The molecular weight excluding hydrogens is 248 g/mol. The van der Waals surface area contributed by atoms with Gasteiger partial charge in [0.15, 0.2) is 0 Å². The van der Waals surface area contributed by atoms with Crippen molar-refractivity contribution in [2.24, 2.45) is 0 Å². The van der Waals surface area contributed by atoms with E-state index in [9.17, 15) is 8.42 Å². The molecule has 0 aromatic carbocycles. The van der Waals surface area contributed by atoms with Crippen LogP contribution in [0.1, 0.15) is 59.3 Å². The molecule has 0 aliphatic carbocycles. The molecule has 4 nitrogen and oxygen atoms in total. The Balaban J connectivity index is 3.64. The second-order valence-electron chi connectivity index (χ2n) is 4.83. The summed E-state index contributed by atoms with van der Waals surface area (Å²) in [6.45, 7) is 7.81. The summed E-state index contributed by atoms with van der Waals surface area (Å²) < 4.78 is 26.3. The third-order valence-corrected chi connectivity index (χ3v) is 4.88. The maximum absolute atomic E-state index is 11.8. The summed E-state index contributed by atoms with van der Waals surface area (Å²) >= 11 is 0. The van der Waals surface area contributed by atoms with E-state index >= 15 is 0 Å². The normalized spacial score (nSPS) is 13.7. The highest BCUT2D eigenvalue weighted by Gasteiger charge is 2.18.